The second-order valence-electron chi connectivity index (χ2n) is 4.90. The Hall–Kier alpha value is -0.340. The molecule has 0 aromatic heterocycles. The summed E-state index contributed by atoms with van der Waals surface area (Å²) in [7, 11) is 2.07. The van der Waals surface area contributed by atoms with E-state index in [0.717, 1.165) is 19.8 Å². The average Bonchev–Trinajstić information content (AvgIpc) is 2.32. The molecule has 0 amide bonds. The van der Waals surface area contributed by atoms with Crippen LogP contribution in [0.25, 0.3) is 0 Å². The topological polar surface area (TPSA) is 21.3 Å². The van der Waals surface area contributed by atoms with Gasteiger partial charge in [-0.15, -0.1) is 0 Å². The maximum absolute atomic E-state index is 5.51. The molecule has 2 aliphatic rings. The van der Waals surface area contributed by atoms with E-state index in [2.05, 4.69) is 18.4 Å². The summed E-state index contributed by atoms with van der Waals surface area (Å²) in [4.78, 5) is 0. The molecule has 0 aromatic rings. The van der Waals surface area contributed by atoms with Gasteiger partial charge >= 0.3 is 0 Å². The van der Waals surface area contributed by atoms with Crippen LogP contribution in [0.2, 0.25) is 0 Å². The van der Waals surface area contributed by atoms with Crippen LogP contribution in [0.15, 0.2) is 11.6 Å². The van der Waals surface area contributed by atoms with Crippen LogP contribution >= 0.6 is 0 Å². The fraction of sp³-hybridized carbons (Fsp3) is 0.846. The summed E-state index contributed by atoms with van der Waals surface area (Å²) in [5.74, 6) is 0. The Kier molecular flexibility index (Phi) is 3.81. The molecule has 2 heteroatoms. The molecule has 1 aliphatic carbocycles. The van der Waals surface area contributed by atoms with Gasteiger partial charge in [-0.05, 0) is 45.6 Å². The lowest BCUT2D eigenvalue weighted by Crippen LogP contribution is -2.40. The van der Waals surface area contributed by atoms with Crippen molar-refractivity contribution in [2.75, 3.05) is 26.8 Å². The van der Waals surface area contributed by atoms with Crippen LogP contribution < -0.4 is 5.32 Å². The standard InChI is InChI=1S/C13H23NO/c1-14-11-13(7-9-15-10-8-13)12-5-3-2-4-6-12/h5,14H,2-4,6-11H2,1H3. The lowest BCUT2D eigenvalue weighted by atomic mass is 9.70. The molecule has 2 rings (SSSR count). The van der Waals surface area contributed by atoms with Crippen molar-refractivity contribution in [2.45, 2.75) is 38.5 Å². The molecule has 0 saturated carbocycles. The molecule has 0 atom stereocenters. The molecule has 86 valence electrons. The van der Waals surface area contributed by atoms with Crippen molar-refractivity contribution in [1.29, 1.82) is 0 Å². The SMILES string of the molecule is CNCC1(C2=CCCCC2)CCOCC1. The van der Waals surface area contributed by atoms with Crippen molar-refractivity contribution in [3.05, 3.63) is 11.6 Å². The Morgan fingerprint density at radius 2 is 2.13 bits per heavy atom. The van der Waals surface area contributed by atoms with Gasteiger partial charge in [-0.3, -0.25) is 0 Å². The summed E-state index contributed by atoms with van der Waals surface area (Å²) in [5, 5.41) is 3.38. The molecule has 1 aliphatic heterocycles. The van der Waals surface area contributed by atoms with Crippen LogP contribution in [0.4, 0.5) is 0 Å². The fourth-order valence-corrected chi connectivity index (χ4v) is 3.03. The summed E-state index contributed by atoms with van der Waals surface area (Å²) in [5.41, 5.74) is 2.14. The molecule has 0 bridgehead atoms. The van der Waals surface area contributed by atoms with Gasteiger partial charge in [0.2, 0.25) is 0 Å². The second-order valence-corrected chi connectivity index (χ2v) is 4.90. The van der Waals surface area contributed by atoms with E-state index in [4.69, 9.17) is 4.74 Å². The molecule has 1 fully saturated rings. The smallest absolute Gasteiger partial charge is 0.0474 e. The maximum Gasteiger partial charge on any atom is 0.0474 e. The van der Waals surface area contributed by atoms with E-state index in [1.54, 1.807) is 5.57 Å². The van der Waals surface area contributed by atoms with Crippen LogP contribution in [0.3, 0.4) is 0 Å². The first kappa shape index (κ1) is 11.2. The van der Waals surface area contributed by atoms with Crippen molar-refractivity contribution < 1.29 is 4.74 Å². The molecular formula is C13H23NO. The lowest BCUT2D eigenvalue weighted by molar-refractivity contribution is 0.0309. The molecule has 0 spiro atoms. The largest absolute Gasteiger partial charge is 0.381 e. The lowest BCUT2D eigenvalue weighted by Gasteiger charge is -2.40. The Bertz CT molecular complexity index is 223. The quantitative estimate of drug-likeness (QED) is 0.721. The van der Waals surface area contributed by atoms with Crippen LogP contribution in [-0.4, -0.2) is 26.8 Å². The van der Waals surface area contributed by atoms with E-state index in [0.29, 0.717) is 5.41 Å². The van der Waals surface area contributed by atoms with Gasteiger partial charge in [0, 0.05) is 25.2 Å². The average molecular weight is 209 g/mol. The number of ether oxygens (including phenoxy) is 1. The highest BCUT2D eigenvalue weighted by atomic mass is 16.5. The summed E-state index contributed by atoms with van der Waals surface area (Å²) >= 11 is 0. The summed E-state index contributed by atoms with van der Waals surface area (Å²) < 4.78 is 5.51. The Labute approximate surface area is 93.1 Å². The highest BCUT2D eigenvalue weighted by molar-refractivity contribution is 5.18. The number of rotatable bonds is 3. The molecule has 1 N–H and O–H groups in total. The predicted octanol–water partition coefficient (Wildman–Crippen LogP) is 2.50. The van der Waals surface area contributed by atoms with Crippen LogP contribution in [0.1, 0.15) is 38.5 Å². The molecule has 15 heavy (non-hydrogen) atoms. The monoisotopic (exact) mass is 209 g/mol. The predicted molar refractivity (Wildman–Crippen MR) is 63.0 cm³/mol. The van der Waals surface area contributed by atoms with E-state index < -0.39 is 0 Å². The molecule has 0 radical (unpaired) electrons. The van der Waals surface area contributed by atoms with Crippen LogP contribution in [0.5, 0.6) is 0 Å². The van der Waals surface area contributed by atoms with Crippen molar-refractivity contribution in [3.8, 4) is 0 Å². The number of hydrogen-bond acceptors (Lipinski definition) is 2. The second kappa shape index (κ2) is 5.13. The van der Waals surface area contributed by atoms with E-state index >= 15 is 0 Å². The van der Waals surface area contributed by atoms with E-state index in [1.165, 1.54) is 38.5 Å². The zero-order valence-corrected chi connectivity index (χ0v) is 9.85. The zero-order chi connectivity index (χ0) is 10.6. The fourth-order valence-electron chi connectivity index (χ4n) is 3.03. The van der Waals surface area contributed by atoms with Crippen LogP contribution in [-0.2, 0) is 4.74 Å². The van der Waals surface area contributed by atoms with Gasteiger partial charge in [0.25, 0.3) is 0 Å². The van der Waals surface area contributed by atoms with Crippen molar-refractivity contribution in [2.24, 2.45) is 5.41 Å². The molecule has 0 unspecified atom stereocenters. The van der Waals surface area contributed by atoms with Crippen molar-refractivity contribution >= 4 is 0 Å². The van der Waals surface area contributed by atoms with Gasteiger partial charge < -0.3 is 10.1 Å². The summed E-state index contributed by atoms with van der Waals surface area (Å²) in [6.07, 6.45) is 10.3. The van der Waals surface area contributed by atoms with Crippen molar-refractivity contribution in [3.63, 3.8) is 0 Å². The molecule has 0 aromatic carbocycles. The third-order valence-corrected chi connectivity index (χ3v) is 3.94. The van der Waals surface area contributed by atoms with Gasteiger partial charge in [0.15, 0.2) is 0 Å². The molecular weight excluding hydrogens is 186 g/mol. The summed E-state index contributed by atoms with van der Waals surface area (Å²) in [6, 6.07) is 0. The van der Waals surface area contributed by atoms with Crippen molar-refractivity contribution in [1.82, 2.24) is 5.32 Å². The first-order valence-electron chi connectivity index (χ1n) is 6.29. The molecule has 1 heterocycles. The summed E-state index contributed by atoms with van der Waals surface area (Å²) in [6.45, 7) is 3.01. The molecule has 1 saturated heterocycles. The maximum atomic E-state index is 5.51. The first-order valence-corrected chi connectivity index (χ1v) is 6.29. The third kappa shape index (κ3) is 2.43. The molecule has 2 nitrogen and oxygen atoms in total. The minimum absolute atomic E-state index is 0.424. The van der Waals surface area contributed by atoms with Gasteiger partial charge in [-0.2, -0.15) is 0 Å². The normalized spacial score (nSPS) is 26.1. The Morgan fingerprint density at radius 1 is 1.33 bits per heavy atom. The zero-order valence-electron chi connectivity index (χ0n) is 9.85. The number of allylic oxidation sites excluding steroid dienone is 1. The minimum Gasteiger partial charge on any atom is -0.381 e. The Balaban J connectivity index is 2.12. The van der Waals surface area contributed by atoms with Crippen LogP contribution in [0, 0.1) is 5.41 Å². The highest BCUT2D eigenvalue weighted by Crippen LogP contribution is 2.41. The van der Waals surface area contributed by atoms with E-state index in [9.17, 15) is 0 Å². The van der Waals surface area contributed by atoms with E-state index in [1.807, 2.05) is 0 Å². The van der Waals surface area contributed by atoms with Gasteiger partial charge in [0.1, 0.15) is 0 Å². The van der Waals surface area contributed by atoms with E-state index in [-0.39, 0.29) is 0 Å². The van der Waals surface area contributed by atoms with Gasteiger partial charge in [-0.1, -0.05) is 11.6 Å². The third-order valence-electron chi connectivity index (χ3n) is 3.94. The Morgan fingerprint density at radius 3 is 2.73 bits per heavy atom. The van der Waals surface area contributed by atoms with Gasteiger partial charge in [-0.25, -0.2) is 0 Å². The first-order chi connectivity index (χ1) is 7.37. The number of hydrogen-bond donors (Lipinski definition) is 1. The highest BCUT2D eigenvalue weighted by Gasteiger charge is 2.35. The minimum atomic E-state index is 0.424. The van der Waals surface area contributed by atoms with Gasteiger partial charge in [0.05, 0.1) is 0 Å². The number of nitrogens with one attached hydrogen (secondary N) is 1.